The number of carbonyl (C=O) groups excluding carboxylic acids is 5. The van der Waals surface area contributed by atoms with Crippen molar-refractivity contribution in [2.24, 2.45) is 71.0 Å². The van der Waals surface area contributed by atoms with Crippen LogP contribution >= 0.6 is 0 Å². The molecule has 0 aliphatic heterocycles. The summed E-state index contributed by atoms with van der Waals surface area (Å²) in [6, 6.07) is 7.90. The lowest BCUT2D eigenvalue weighted by atomic mass is 9.75. The van der Waals surface area contributed by atoms with Gasteiger partial charge in [0.2, 0.25) is 0 Å². The maximum atomic E-state index is 14.6. The van der Waals surface area contributed by atoms with Crippen LogP contribution in [0.4, 0.5) is 0 Å². The number of ketones is 1. The fourth-order valence-electron chi connectivity index (χ4n) is 11.7. The van der Waals surface area contributed by atoms with Crippen molar-refractivity contribution >= 4 is 29.7 Å². The molecule has 12 unspecified atom stereocenters. The Morgan fingerprint density at radius 1 is 0.371 bits per heavy atom. The van der Waals surface area contributed by atoms with Crippen LogP contribution in [0.3, 0.4) is 0 Å². The highest BCUT2D eigenvalue weighted by atomic mass is 17.2. The molecule has 4 saturated carbocycles. The first-order valence-corrected chi connectivity index (χ1v) is 26.5. The van der Waals surface area contributed by atoms with Crippen LogP contribution in [0.2, 0.25) is 0 Å². The molecule has 13 nitrogen and oxygen atoms in total. The molecule has 2 aromatic carbocycles. The fourth-order valence-corrected chi connectivity index (χ4v) is 11.7. The van der Waals surface area contributed by atoms with Crippen LogP contribution in [-0.2, 0) is 39.1 Å². The molecule has 0 amide bonds. The van der Waals surface area contributed by atoms with Crippen LogP contribution in [0.1, 0.15) is 217 Å². The molecule has 70 heavy (non-hydrogen) atoms. The third kappa shape index (κ3) is 14.1. The summed E-state index contributed by atoms with van der Waals surface area (Å²) in [5.41, 5.74) is -0.955. The Morgan fingerprint density at radius 2 is 0.614 bits per heavy atom. The number of hydrogen-bond acceptors (Lipinski definition) is 13. The van der Waals surface area contributed by atoms with Gasteiger partial charge in [-0.3, -0.25) is 24.3 Å². The van der Waals surface area contributed by atoms with Gasteiger partial charge in [0, 0.05) is 11.1 Å². The zero-order chi connectivity index (χ0) is 51.0. The van der Waals surface area contributed by atoms with Crippen LogP contribution in [0.15, 0.2) is 36.4 Å². The Labute approximate surface area is 416 Å². The molecular formula is C57H82O13. The molecule has 13 heteroatoms. The van der Waals surface area contributed by atoms with Crippen molar-refractivity contribution in [3.63, 3.8) is 0 Å². The summed E-state index contributed by atoms with van der Waals surface area (Å²) in [6.07, 6.45) is 9.28. The predicted molar refractivity (Wildman–Crippen MR) is 263 cm³/mol. The van der Waals surface area contributed by atoms with E-state index in [0.29, 0.717) is 61.2 Å². The summed E-state index contributed by atoms with van der Waals surface area (Å²) in [4.78, 5) is 116. The van der Waals surface area contributed by atoms with Crippen LogP contribution in [-0.4, -0.2) is 54.1 Å². The van der Waals surface area contributed by atoms with E-state index in [1.54, 1.807) is 0 Å². The van der Waals surface area contributed by atoms with Crippen molar-refractivity contribution in [3.05, 3.63) is 69.8 Å². The van der Waals surface area contributed by atoms with E-state index in [9.17, 15) is 24.0 Å². The van der Waals surface area contributed by atoms with E-state index >= 15 is 0 Å². The largest absolute Gasteiger partial charge is 0.373 e. The van der Waals surface area contributed by atoms with Gasteiger partial charge in [-0.05, 0) is 147 Å². The summed E-state index contributed by atoms with van der Waals surface area (Å²) in [7, 11) is 0. The Bertz CT molecular complexity index is 1960. The quantitative estimate of drug-likeness (QED) is 0.0790. The maximum absolute atomic E-state index is 14.6. The maximum Gasteiger partial charge on any atom is 0.373 e. The third-order valence-electron chi connectivity index (χ3n) is 16.3. The lowest BCUT2D eigenvalue weighted by Crippen LogP contribution is -2.35. The second-order valence-electron chi connectivity index (χ2n) is 23.2. The van der Waals surface area contributed by atoms with Gasteiger partial charge in [0.15, 0.2) is 5.78 Å². The standard InChI is InChI=1S/C57H82O13/c1-31(2)41-19-13-35(9)25-49(41)63-67-54(59)45-23-17-39(29-47(45)56(61)69-65-51-27-37(11)15-21-43(51)33(5)6)53(58)40-18-24-46(55(60)68-64-50-26-36(10)14-20-42(50)32(3)4)48(30-40)57(62)70-66-52-28-38(12)16-22-44(52)34(7)8/h17-18,23-24,29-38,41-44,49-52H,13-16,19-22,25-28H2,1-12H3. The molecule has 0 radical (unpaired) electrons. The molecule has 6 rings (SSSR count). The molecule has 0 saturated heterocycles. The van der Waals surface area contributed by atoms with E-state index in [-0.39, 0.29) is 93.3 Å². The van der Waals surface area contributed by atoms with E-state index < -0.39 is 29.7 Å². The van der Waals surface area contributed by atoms with Crippen LogP contribution < -0.4 is 0 Å². The minimum absolute atomic E-state index is 0.0203. The summed E-state index contributed by atoms with van der Waals surface area (Å²) in [5.74, 6) is -1.19. The van der Waals surface area contributed by atoms with Gasteiger partial charge >= 0.3 is 23.9 Å². The van der Waals surface area contributed by atoms with Gasteiger partial charge < -0.3 is 0 Å². The van der Waals surface area contributed by atoms with Crippen molar-refractivity contribution < 1.29 is 63.1 Å². The minimum atomic E-state index is -0.989. The first-order chi connectivity index (χ1) is 33.2. The van der Waals surface area contributed by atoms with Crippen LogP contribution in [0.25, 0.3) is 0 Å². The van der Waals surface area contributed by atoms with E-state index in [0.717, 1.165) is 51.4 Å². The highest BCUT2D eigenvalue weighted by Gasteiger charge is 2.38. The van der Waals surface area contributed by atoms with Gasteiger partial charge in [-0.1, -0.05) is 121 Å². The van der Waals surface area contributed by atoms with E-state index in [2.05, 4.69) is 83.1 Å². The molecule has 0 aromatic heterocycles. The molecule has 388 valence electrons. The Hall–Kier alpha value is -4.17. The molecule has 0 bridgehead atoms. The predicted octanol–water partition coefficient (Wildman–Crippen LogP) is 13.1. The van der Waals surface area contributed by atoms with Crippen molar-refractivity contribution in [1.82, 2.24) is 0 Å². The molecular weight excluding hydrogens is 893 g/mol. The van der Waals surface area contributed by atoms with Crippen LogP contribution in [0.5, 0.6) is 0 Å². The van der Waals surface area contributed by atoms with E-state index in [1.165, 1.54) is 36.4 Å². The Kier molecular flexibility index (Phi) is 19.7. The molecule has 4 aliphatic rings. The topological polar surface area (TPSA) is 159 Å². The van der Waals surface area contributed by atoms with Gasteiger partial charge in [-0.15, -0.1) is 0 Å². The number of hydrogen-bond donors (Lipinski definition) is 0. The first kappa shape index (κ1) is 55.1. The Morgan fingerprint density at radius 3 is 0.857 bits per heavy atom. The van der Waals surface area contributed by atoms with Gasteiger partial charge in [0.05, 0.1) is 22.3 Å². The summed E-state index contributed by atoms with van der Waals surface area (Å²) in [6.45, 7) is 25.5. The monoisotopic (exact) mass is 975 g/mol. The van der Waals surface area contributed by atoms with Gasteiger partial charge in [0.25, 0.3) is 0 Å². The SMILES string of the molecule is CC1CCC(C(C)C)C(OOC(=O)c2ccc(C(=O)c3ccc(C(=O)OOC4CC(C)CCC4C(C)C)c(C(=O)OOC4CC(C)CCC4C(C)C)c3)cc2C(=O)OOC2CC(C)CCC2C(C)C)C1. The average molecular weight is 975 g/mol. The fraction of sp³-hybridized carbons (Fsp3) is 0.702. The summed E-state index contributed by atoms with van der Waals surface area (Å²) < 4.78 is 0. The molecule has 4 fully saturated rings. The van der Waals surface area contributed by atoms with Crippen molar-refractivity contribution in [2.75, 3.05) is 0 Å². The van der Waals surface area contributed by atoms with Gasteiger partial charge in [-0.2, -0.15) is 19.6 Å². The second-order valence-corrected chi connectivity index (χ2v) is 23.2. The lowest BCUT2D eigenvalue weighted by molar-refractivity contribution is -0.297. The zero-order valence-corrected chi connectivity index (χ0v) is 44.0. The third-order valence-corrected chi connectivity index (χ3v) is 16.3. The molecule has 0 spiro atoms. The zero-order valence-electron chi connectivity index (χ0n) is 44.0. The molecule has 0 heterocycles. The smallest absolute Gasteiger partial charge is 0.293 e. The normalized spacial score (nSPS) is 29.5. The highest BCUT2D eigenvalue weighted by Crippen LogP contribution is 2.39. The first-order valence-electron chi connectivity index (χ1n) is 26.5. The minimum Gasteiger partial charge on any atom is -0.293 e. The van der Waals surface area contributed by atoms with Gasteiger partial charge in [0.1, 0.15) is 24.4 Å². The molecule has 2 aromatic rings. The Balaban J connectivity index is 1.30. The second kappa shape index (κ2) is 25.0. The van der Waals surface area contributed by atoms with Crippen molar-refractivity contribution in [3.8, 4) is 0 Å². The highest BCUT2D eigenvalue weighted by molar-refractivity contribution is 6.13. The number of carbonyl (C=O) groups is 5. The summed E-state index contributed by atoms with van der Waals surface area (Å²) in [5, 5.41) is 0. The lowest BCUT2D eigenvalue weighted by Gasteiger charge is -2.35. The molecule has 0 N–H and O–H groups in total. The van der Waals surface area contributed by atoms with Gasteiger partial charge in [-0.25, -0.2) is 19.2 Å². The van der Waals surface area contributed by atoms with E-state index in [4.69, 9.17) is 39.1 Å². The van der Waals surface area contributed by atoms with E-state index in [1.807, 2.05) is 0 Å². The van der Waals surface area contributed by atoms with Crippen molar-refractivity contribution in [1.29, 1.82) is 0 Å². The van der Waals surface area contributed by atoms with Crippen LogP contribution in [0, 0.1) is 71.0 Å². The number of rotatable bonds is 18. The molecule has 12 atom stereocenters. The number of benzene rings is 2. The average Bonchev–Trinajstić information content (AvgIpc) is 3.32. The summed E-state index contributed by atoms with van der Waals surface area (Å²) >= 11 is 0. The van der Waals surface area contributed by atoms with Crippen molar-refractivity contribution in [2.45, 2.75) is 185 Å². The molecule has 4 aliphatic carbocycles.